The maximum absolute atomic E-state index is 4.72. The van der Waals surface area contributed by atoms with Crippen molar-refractivity contribution in [3.8, 4) is 5.82 Å². The standard InChI is InChI=1S/C16H21N5/c1-12-8-10-21(19-12)15-13(11-17-16(2,3)4)20-9-6-5-7-14(20)18-15/h5-10,17H,11H2,1-4H3. The van der Waals surface area contributed by atoms with Gasteiger partial charge in [0.1, 0.15) is 5.65 Å². The zero-order valence-electron chi connectivity index (χ0n) is 13.0. The van der Waals surface area contributed by atoms with Crippen LogP contribution in [-0.2, 0) is 6.54 Å². The molecule has 0 bridgehead atoms. The molecule has 0 aliphatic carbocycles. The number of aromatic nitrogens is 4. The van der Waals surface area contributed by atoms with Gasteiger partial charge in [0.05, 0.1) is 11.4 Å². The molecule has 0 atom stereocenters. The Morgan fingerprint density at radius 1 is 1.14 bits per heavy atom. The maximum atomic E-state index is 4.72. The van der Waals surface area contributed by atoms with Crippen molar-refractivity contribution in [2.45, 2.75) is 39.8 Å². The topological polar surface area (TPSA) is 47.1 Å². The number of hydrogen-bond donors (Lipinski definition) is 1. The number of nitrogens with one attached hydrogen (secondary N) is 1. The highest BCUT2D eigenvalue weighted by Crippen LogP contribution is 2.17. The van der Waals surface area contributed by atoms with Crippen molar-refractivity contribution < 1.29 is 0 Å². The van der Waals surface area contributed by atoms with E-state index in [4.69, 9.17) is 4.98 Å². The van der Waals surface area contributed by atoms with Crippen molar-refractivity contribution in [3.63, 3.8) is 0 Å². The molecule has 5 nitrogen and oxygen atoms in total. The smallest absolute Gasteiger partial charge is 0.176 e. The summed E-state index contributed by atoms with van der Waals surface area (Å²) in [5, 5.41) is 8.03. The number of pyridine rings is 1. The normalized spacial score (nSPS) is 12.2. The fourth-order valence-electron chi connectivity index (χ4n) is 2.26. The van der Waals surface area contributed by atoms with Gasteiger partial charge in [-0.3, -0.25) is 0 Å². The van der Waals surface area contributed by atoms with E-state index in [0.717, 1.165) is 29.4 Å². The fraction of sp³-hybridized carbons (Fsp3) is 0.375. The third-order valence-electron chi connectivity index (χ3n) is 3.33. The van der Waals surface area contributed by atoms with Crippen LogP contribution >= 0.6 is 0 Å². The molecule has 0 aromatic carbocycles. The Morgan fingerprint density at radius 2 is 1.95 bits per heavy atom. The minimum absolute atomic E-state index is 0.0518. The molecule has 0 spiro atoms. The predicted octanol–water partition coefficient (Wildman–Crippen LogP) is 2.72. The summed E-state index contributed by atoms with van der Waals surface area (Å²) in [6.45, 7) is 9.21. The molecule has 0 aliphatic rings. The molecule has 110 valence electrons. The van der Waals surface area contributed by atoms with Crippen molar-refractivity contribution >= 4 is 5.65 Å². The van der Waals surface area contributed by atoms with Gasteiger partial charge in [-0.1, -0.05) is 6.07 Å². The first-order chi connectivity index (χ1) is 9.94. The van der Waals surface area contributed by atoms with Gasteiger partial charge in [-0.25, -0.2) is 9.67 Å². The number of rotatable bonds is 3. The van der Waals surface area contributed by atoms with Gasteiger partial charge >= 0.3 is 0 Å². The van der Waals surface area contributed by atoms with E-state index in [2.05, 4.69) is 35.6 Å². The van der Waals surface area contributed by atoms with Crippen LogP contribution in [0, 0.1) is 6.92 Å². The van der Waals surface area contributed by atoms with Crippen LogP contribution in [0.1, 0.15) is 32.2 Å². The average Bonchev–Trinajstić information content (AvgIpc) is 2.99. The molecule has 3 aromatic rings. The minimum Gasteiger partial charge on any atom is -0.306 e. The second kappa shape index (κ2) is 5.00. The average molecular weight is 283 g/mol. The SMILES string of the molecule is Cc1ccn(-c2nc3ccccn3c2CNC(C)(C)C)n1. The number of imidazole rings is 1. The summed E-state index contributed by atoms with van der Waals surface area (Å²) in [4.78, 5) is 4.72. The van der Waals surface area contributed by atoms with Crippen molar-refractivity contribution in [1.82, 2.24) is 24.5 Å². The van der Waals surface area contributed by atoms with E-state index < -0.39 is 0 Å². The lowest BCUT2D eigenvalue weighted by molar-refractivity contribution is 0.420. The third kappa shape index (κ3) is 2.83. The van der Waals surface area contributed by atoms with Crippen LogP contribution in [-0.4, -0.2) is 24.7 Å². The first-order valence-electron chi connectivity index (χ1n) is 7.18. The van der Waals surface area contributed by atoms with Gasteiger partial charge in [-0.2, -0.15) is 5.10 Å². The van der Waals surface area contributed by atoms with Crippen molar-refractivity contribution in [3.05, 3.63) is 48.0 Å². The zero-order valence-corrected chi connectivity index (χ0v) is 13.0. The van der Waals surface area contributed by atoms with Gasteiger partial charge < -0.3 is 9.72 Å². The molecule has 1 N–H and O–H groups in total. The van der Waals surface area contributed by atoms with Crippen LogP contribution in [0.2, 0.25) is 0 Å². The van der Waals surface area contributed by atoms with E-state index in [1.807, 2.05) is 48.3 Å². The Hall–Kier alpha value is -2.14. The van der Waals surface area contributed by atoms with Crippen LogP contribution in [0.5, 0.6) is 0 Å². The highest BCUT2D eigenvalue weighted by atomic mass is 15.3. The summed E-state index contributed by atoms with van der Waals surface area (Å²) in [7, 11) is 0. The maximum Gasteiger partial charge on any atom is 0.176 e. The fourth-order valence-corrected chi connectivity index (χ4v) is 2.26. The molecule has 3 heterocycles. The molecule has 3 aromatic heterocycles. The van der Waals surface area contributed by atoms with Crippen LogP contribution in [0.25, 0.3) is 11.5 Å². The van der Waals surface area contributed by atoms with Gasteiger partial charge in [-0.15, -0.1) is 0 Å². The van der Waals surface area contributed by atoms with E-state index >= 15 is 0 Å². The molecular weight excluding hydrogens is 262 g/mol. The van der Waals surface area contributed by atoms with Gasteiger partial charge in [0, 0.05) is 24.5 Å². The van der Waals surface area contributed by atoms with E-state index in [1.54, 1.807) is 0 Å². The first-order valence-corrected chi connectivity index (χ1v) is 7.18. The van der Waals surface area contributed by atoms with Gasteiger partial charge in [0.25, 0.3) is 0 Å². The molecule has 0 amide bonds. The predicted molar refractivity (Wildman–Crippen MR) is 83.6 cm³/mol. The molecule has 3 rings (SSSR count). The summed E-state index contributed by atoms with van der Waals surface area (Å²) in [5.74, 6) is 0.881. The van der Waals surface area contributed by atoms with E-state index in [-0.39, 0.29) is 5.54 Å². The highest BCUT2D eigenvalue weighted by molar-refractivity contribution is 5.48. The molecular formula is C16H21N5. The minimum atomic E-state index is 0.0518. The monoisotopic (exact) mass is 283 g/mol. The molecule has 0 unspecified atom stereocenters. The molecule has 0 fully saturated rings. The number of aryl methyl sites for hydroxylation is 1. The summed E-state index contributed by atoms with van der Waals surface area (Å²) >= 11 is 0. The Kier molecular flexibility index (Phi) is 3.29. The second-order valence-electron chi connectivity index (χ2n) is 6.32. The molecule has 0 saturated carbocycles. The van der Waals surface area contributed by atoms with E-state index in [9.17, 15) is 0 Å². The van der Waals surface area contributed by atoms with Crippen molar-refractivity contribution in [2.24, 2.45) is 0 Å². The Balaban J connectivity index is 2.10. The Bertz CT molecular complexity index is 760. The van der Waals surface area contributed by atoms with Gasteiger partial charge in [0.2, 0.25) is 0 Å². The number of nitrogens with zero attached hydrogens (tertiary/aromatic N) is 4. The number of hydrogen-bond acceptors (Lipinski definition) is 3. The van der Waals surface area contributed by atoms with Gasteiger partial charge in [-0.05, 0) is 45.9 Å². The lowest BCUT2D eigenvalue weighted by atomic mass is 10.1. The van der Waals surface area contributed by atoms with E-state index in [0.29, 0.717) is 0 Å². The summed E-state index contributed by atoms with van der Waals surface area (Å²) in [6.07, 6.45) is 4.00. The lowest BCUT2D eigenvalue weighted by Gasteiger charge is -2.20. The molecule has 0 radical (unpaired) electrons. The van der Waals surface area contributed by atoms with E-state index in [1.165, 1.54) is 0 Å². The highest BCUT2D eigenvalue weighted by Gasteiger charge is 2.17. The molecule has 5 heteroatoms. The largest absolute Gasteiger partial charge is 0.306 e. The zero-order chi connectivity index (χ0) is 15.0. The van der Waals surface area contributed by atoms with Crippen LogP contribution in [0.15, 0.2) is 36.7 Å². The second-order valence-corrected chi connectivity index (χ2v) is 6.32. The lowest BCUT2D eigenvalue weighted by Crippen LogP contribution is -2.35. The Morgan fingerprint density at radius 3 is 2.62 bits per heavy atom. The summed E-state index contributed by atoms with van der Waals surface area (Å²) in [5.41, 5.74) is 3.09. The molecule has 0 saturated heterocycles. The van der Waals surface area contributed by atoms with Crippen LogP contribution < -0.4 is 5.32 Å². The third-order valence-corrected chi connectivity index (χ3v) is 3.33. The first kappa shape index (κ1) is 13.8. The summed E-state index contributed by atoms with van der Waals surface area (Å²) < 4.78 is 3.97. The quantitative estimate of drug-likeness (QED) is 0.804. The van der Waals surface area contributed by atoms with Crippen LogP contribution in [0.4, 0.5) is 0 Å². The molecule has 21 heavy (non-hydrogen) atoms. The molecule has 0 aliphatic heterocycles. The summed E-state index contributed by atoms with van der Waals surface area (Å²) in [6, 6.07) is 8.03. The van der Waals surface area contributed by atoms with Gasteiger partial charge in [0.15, 0.2) is 5.82 Å². The number of fused-ring (bicyclic) bond motifs is 1. The Labute approximate surface area is 124 Å². The van der Waals surface area contributed by atoms with Crippen molar-refractivity contribution in [1.29, 1.82) is 0 Å². The van der Waals surface area contributed by atoms with Crippen molar-refractivity contribution in [2.75, 3.05) is 0 Å². The van der Waals surface area contributed by atoms with Crippen LogP contribution in [0.3, 0.4) is 0 Å².